The molecule has 1 atom stereocenters. The minimum Gasteiger partial charge on any atom is -0.496 e. The Morgan fingerprint density at radius 1 is 1.00 bits per heavy atom. The predicted octanol–water partition coefficient (Wildman–Crippen LogP) is 3.58. The quantitative estimate of drug-likeness (QED) is 0.835. The van der Waals surface area contributed by atoms with Crippen molar-refractivity contribution in [1.29, 1.82) is 0 Å². The van der Waals surface area contributed by atoms with E-state index in [0.29, 0.717) is 17.2 Å². The molecule has 0 aliphatic rings. The van der Waals surface area contributed by atoms with E-state index in [1.54, 1.807) is 32.4 Å². The molecule has 0 spiro atoms. The van der Waals surface area contributed by atoms with Gasteiger partial charge < -0.3 is 19.5 Å². The molecule has 5 nitrogen and oxygen atoms in total. The zero-order chi connectivity index (χ0) is 18.4. The molecule has 2 aromatic carbocycles. The molecule has 0 bridgehead atoms. The zero-order valence-electron chi connectivity index (χ0n) is 15.4. The van der Waals surface area contributed by atoms with Crippen molar-refractivity contribution in [1.82, 2.24) is 5.32 Å². The second kappa shape index (κ2) is 8.42. The summed E-state index contributed by atoms with van der Waals surface area (Å²) in [6, 6.07) is 11.3. The van der Waals surface area contributed by atoms with Gasteiger partial charge in [0.2, 0.25) is 0 Å². The first-order valence-corrected chi connectivity index (χ1v) is 8.15. The summed E-state index contributed by atoms with van der Waals surface area (Å²) in [6.07, 6.45) is 0. The summed E-state index contributed by atoms with van der Waals surface area (Å²) in [5.41, 5.74) is 3.43. The van der Waals surface area contributed by atoms with Crippen molar-refractivity contribution in [2.75, 3.05) is 20.8 Å². The highest BCUT2D eigenvalue weighted by Crippen LogP contribution is 2.27. The third-order valence-corrected chi connectivity index (χ3v) is 3.97. The Morgan fingerprint density at radius 2 is 1.60 bits per heavy atom. The first kappa shape index (κ1) is 18.6. The van der Waals surface area contributed by atoms with Crippen molar-refractivity contribution in [3.8, 4) is 17.2 Å². The van der Waals surface area contributed by atoms with Gasteiger partial charge in [-0.25, -0.2) is 0 Å². The molecule has 0 aliphatic carbocycles. The number of hydrogen-bond acceptors (Lipinski definition) is 4. The molecule has 1 unspecified atom stereocenters. The second-order valence-electron chi connectivity index (χ2n) is 5.99. The van der Waals surface area contributed by atoms with Crippen LogP contribution >= 0.6 is 0 Å². The molecular formula is C20H25NO4. The molecule has 0 aromatic heterocycles. The Morgan fingerprint density at radius 3 is 2.20 bits per heavy atom. The SMILES string of the molecule is COc1cc(OC)cc(OCC(=O)NC(C)c2cc(C)ccc2C)c1. The standard InChI is InChI=1S/C20H25NO4/c1-13-6-7-14(2)19(8-13)15(3)21-20(22)12-25-18-10-16(23-4)9-17(11-18)24-5/h6-11,15H,12H2,1-5H3,(H,21,22). The Hall–Kier alpha value is -2.69. The number of aryl methyl sites for hydroxylation is 2. The van der Waals surface area contributed by atoms with Crippen LogP contribution in [0.1, 0.15) is 29.7 Å². The molecule has 1 amide bonds. The van der Waals surface area contributed by atoms with Crippen LogP contribution in [-0.2, 0) is 4.79 Å². The average Bonchev–Trinajstić information content (AvgIpc) is 2.61. The lowest BCUT2D eigenvalue weighted by atomic mass is 10.00. The molecule has 0 fully saturated rings. The van der Waals surface area contributed by atoms with E-state index in [2.05, 4.69) is 23.5 Å². The van der Waals surface area contributed by atoms with Crippen molar-refractivity contribution in [2.45, 2.75) is 26.8 Å². The lowest BCUT2D eigenvalue weighted by Gasteiger charge is -2.18. The third kappa shape index (κ3) is 5.14. The highest BCUT2D eigenvalue weighted by Gasteiger charge is 2.13. The van der Waals surface area contributed by atoms with Crippen LogP contribution in [0.4, 0.5) is 0 Å². The van der Waals surface area contributed by atoms with Gasteiger partial charge in [-0.2, -0.15) is 0 Å². The van der Waals surface area contributed by atoms with E-state index >= 15 is 0 Å². The molecule has 0 saturated carbocycles. The Bertz CT molecular complexity index is 720. The molecule has 25 heavy (non-hydrogen) atoms. The van der Waals surface area contributed by atoms with Gasteiger partial charge in [0.15, 0.2) is 6.61 Å². The Balaban J connectivity index is 1.97. The van der Waals surface area contributed by atoms with E-state index in [1.165, 1.54) is 5.56 Å². The van der Waals surface area contributed by atoms with E-state index in [-0.39, 0.29) is 18.6 Å². The number of rotatable bonds is 7. The van der Waals surface area contributed by atoms with E-state index < -0.39 is 0 Å². The maximum atomic E-state index is 12.2. The average molecular weight is 343 g/mol. The lowest BCUT2D eigenvalue weighted by molar-refractivity contribution is -0.123. The normalized spacial score (nSPS) is 11.6. The van der Waals surface area contributed by atoms with Crippen LogP contribution < -0.4 is 19.5 Å². The summed E-state index contributed by atoms with van der Waals surface area (Å²) in [4.78, 5) is 12.2. The van der Waals surface area contributed by atoms with Crippen LogP contribution in [0, 0.1) is 13.8 Å². The van der Waals surface area contributed by atoms with Gasteiger partial charge in [0.25, 0.3) is 5.91 Å². The molecule has 5 heteroatoms. The fourth-order valence-corrected chi connectivity index (χ4v) is 2.60. The lowest BCUT2D eigenvalue weighted by Crippen LogP contribution is -2.31. The van der Waals surface area contributed by atoms with Gasteiger partial charge in [-0.3, -0.25) is 4.79 Å². The summed E-state index contributed by atoms with van der Waals surface area (Å²) >= 11 is 0. The molecule has 2 aromatic rings. The highest BCUT2D eigenvalue weighted by molar-refractivity contribution is 5.78. The summed E-state index contributed by atoms with van der Waals surface area (Å²) < 4.78 is 16.0. The number of benzene rings is 2. The first-order chi connectivity index (χ1) is 11.9. The van der Waals surface area contributed by atoms with Crippen molar-refractivity contribution < 1.29 is 19.0 Å². The van der Waals surface area contributed by atoms with Gasteiger partial charge >= 0.3 is 0 Å². The van der Waals surface area contributed by atoms with Gasteiger partial charge in [0.05, 0.1) is 20.3 Å². The summed E-state index contributed by atoms with van der Waals surface area (Å²) in [7, 11) is 3.13. The van der Waals surface area contributed by atoms with Crippen molar-refractivity contribution in [3.63, 3.8) is 0 Å². The van der Waals surface area contributed by atoms with Crippen LogP contribution in [-0.4, -0.2) is 26.7 Å². The molecule has 2 rings (SSSR count). The molecular weight excluding hydrogens is 318 g/mol. The fraction of sp³-hybridized carbons (Fsp3) is 0.350. The number of amides is 1. The number of hydrogen-bond donors (Lipinski definition) is 1. The van der Waals surface area contributed by atoms with Crippen molar-refractivity contribution in [3.05, 3.63) is 53.1 Å². The molecule has 1 N–H and O–H groups in total. The Labute approximate surface area is 148 Å². The van der Waals surface area contributed by atoms with Crippen LogP contribution in [0.15, 0.2) is 36.4 Å². The number of methoxy groups -OCH3 is 2. The van der Waals surface area contributed by atoms with Crippen LogP contribution in [0.5, 0.6) is 17.2 Å². The molecule has 134 valence electrons. The van der Waals surface area contributed by atoms with E-state index in [4.69, 9.17) is 14.2 Å². The van der Waals surface area contributed by atoms with E-state index in [1.807, 2.05) is 20.8 Å². The van der Waals surface area contributed by atoms with Crippen LogP contribution in [0.2, 0.25) is 0 Å². The minimum absolute atomic E-state index is 0.0779. The topological polar surface area (TPSA) is 56.8 Å². The number of nitrogens with one attached hydrogen (secondary N) is 1. The zero-order valence-corrected chi connectivity index (χ0v) is 15.4. The van der Waals surface area contributed by atoms with Gasteiger partial charge in [0, 0.05) is 18.2 Å². The van der Waals surface area contributed by atoms with Crippen molar-refractivity contribution >= 4 is 5.91 Å². The summed E-state index contributed by atoms with van der Waals surface area (Å²) in [6.45, 7) is 5.97. The van der Waals surface area contributed by atoms with Gasteiger partial charge in [0.1, 0.15) is 17.2 Å². The van der Waals surface area contributed by atoms with Gasteiger partial charge in [-0.1, -0.05) is 23.8 Å². The molecule has 0 heterocycles. The number of ether oxygens (including phenoxy) is 3. The summed E-state index contributed by atoms with van der Waals surface area (Å²) in [5, 5.41) is 2.97. The second-order valence-corrected chi connectivity index (χ2v) is 5.99. The molecule has 0 radical (unpaired) electrons. The number of carbonyl (C=O) groups is 1. The monoisotopic (exact) mass is 343 g/mol. The van der Waals surface area contributed by atoms with Gasteiger partial charge in [-0.05, 0) is 31.9 Å². The highest BCUT2D eigenvalue weighted by atomic mass is 16.5. The first-order valence-electron chi connectivity index (χ1n) is 8.15. The van der Waals surface area contributed by atoms with Crippen molar-refractivity contribution in [2.24, 2.45) is 0 Å². The molecule has 0 saturated heterocycles. The largest absolute Gasteiger partial charge is 0.496 e. The molecule has 0 aliphatic heterocycles. The minimum atomic E-state index is -0.185. The Kier molecular flexibility index (Phi) is 6.28. The van der Waals surface area contributed by atoms with E-state index in [9.17, 15) is 4.79 Å². The van der Waals surface area contributed by atoms with E-state index in [0.717, 1.165) is 11.1 Å². The maximum Gasteiger partial charge on any atom is 0.258 e. The van der Waals surface area contributed by atoms with Gasteiger partial charge in [-0.15, -0.1) is 0 Å². The maximum absolute atomic E-state index is 12.2. The van der Waals surface area contributed by atoms with Crippen LogP contribution in [0.3, 0.4) is 0 Å². The van der Waals surface area contributed by atoms with Crippen LogP contribution in [0.25, 0.3) is 0 Å². The fourth-order valence-electron chi connectivity index (χ4n) is 2.60. The summed E-state index contributed by atoms with van der Waals surface area (Å²) in [5.74, 6) is 1.55. The smallest absolute Gasteiger partial charge is 0.258 e. The third-order valence-electron chi connectivity index (χ3n) is 3.97. The number of carbonyl (C=O) groups excluding carboxylic acids is 1. The predicted molar refractivity (Wildman–Crippen MR) is 97.5 cm³/mol.